The van der Waals surface area contributed by atoms with Crippen LogP contribution in [0.1, 0.15) is 36.3 Å². The summed E-state index contributed by atoms with van der Waals surface area (Å²) in [5, 5.41) is 38.3. The molecule has 1 aliphatic heterocycles. The van der Waals surface area contributed by atoms with E-state index in [9.17, 15) is 15.3 Å². The number of fused-ring (bicyclic) bond motifs is 1. The van der Waals surface area contributed by atoms with E-state index in [2.05, 4.69) is 15.6 Å². The molecule has 4 atom stereocenters. The highest BCUT2D eigenvalue weighted by molar-refractivity contribution is 5.87. The minimum atomic E-state index is -1.03. The van der Waals surface area contributed by atoms with Gasteiger partial charge in [0.15, 0.2) is 5.58 Å². The predicted molar refractivity (Wildman–Crippen MR) is 136 cm³/mol. The van der Waals surface area contributed by atoms with Crippen LogP contribution >= 0.6 is 0 Å². The fourth-order valence-electron chi connectivity index (χ4n) is 5.35. The maximum atomic E-state index is 10.6. The molecule has 0 bridgehead atoms. The number of aromatic nitrogens is 3. The van der Waals surface area contributed by atoms with Gasteiger partial charge in [0.1, 0.15) is 17.7 Å². The van der Waals surface area contributed by atoms with E-state index in [-0.39, 0.29) is 6.61 Å². The van der Waals surface area contributed by atoms with Crippen molar-refractivity contribution in [3.8, 4) is 11.3 Å². The van der Waals surface area contributed by atoms with Crippen LogP contribution in [0.2, 0.25) is 0 Å². The number of ether oxygens (including phenoxy) is 1. The highest BCUT2D eigenvalue weighted by atomic mass is 16.5. The lowest BCUT2D eigenvalue weighted by atomic mass is 10.0. The molecule has 0 unspecified atom stereocenters. The van der Waals surface area contributed by atoms with Gasteiger partial charge in [0.2, 0.25) is 5.95 Å². The number of aliphatic hydroxyl groups is 3. The summed E-state index contributed by atoms with van der Waals surface area (Å²) in [4.78, 5) is 14.0. The normalized spacial score (nSPS) is 24.9. The monoisotopic (exact) mass is 497 g/mol. The van der Waals surface area contributed by atoms with Crippen LogP contribution in [0.5, 0.6) is 0 Å². The molecule has 36 heavy (non-hydrogen) atoms. The second-order valence-corrected chi connectivity index (χ2v) is 10.1. The largest absolute Gasteiger partial charge is 0.454 e. The van der Waals surface area contributed by atoms with Crippen molar-refractivity contribution >= 4 is 22.7 Å². The van der Waals surface area contributed by atoms with E-state index in [1.165, 1.54) is 0 Å². The summed E-state index contributed by atoms with van der Waals surface area (Å²) in [7, 11) is 0. The molecule has 194 valence electrons. The predicted octanol–water partition coefficient (Wildman–Crippen LogP) is 2.56. The number of hydrogen-bond donors (Lipinski definition) is 5. The van der Waals surface area contributed by atoms with Crippen LogP contribution in [0, 0.1) is 32.6 Å². The van der Waals surface area contributed by atoms with Crippen molar-refractivity contribution in [3.63, 3.8) is 0 Å². The first-order valence-electron chi connectivity index (χ1n) is 12.7. The summed E-state index contributed by atoms with van der Waals surface area (Å²) >= 11 is 0. The number of pyridine rings is 1. The zero-order valence-corrected chi connectivity index (χ0v) is 21.0. The topological polar surface area (TPSA) is 146 Å². The van der Waals surface area contributed by atoms with Gasteiger partial charge < -0.3 is 35.1 Å². The third kappa shape index (κ3) is 4.90. The molecule has 3 aromatic rings. The van der Waals surface area contributed by atoms with Crippen molar-refractivity contribution in [2.75, 3.05) is 37.0 Å². The average Bonchev–Trinajstić information content (AvgIpc) is 3.39. The molecule has 0 aromatic carbocycles. The van der Waals surface area contributed by atoms with Gasteiger partial charge in [-0.15, -0.1) is 0 Å². The SMILES string of the molecule is Cc1cc2cc(-c3c(C)nc(NCC4CCOCC4)nc3N[C@@H]3C[C@H](CO)[C@@H](O)[C@H]3O)oc2c(C)n1. The van der Waals surface area contributed by atoms with Crippen LogP contribution < -0.4 is 10.6 Å². The molecule has 2 aliphatic rings. The van der Waals surface area contributed by atoms with E-state index in [1.54, 1.807) is 0 Å². The number of nitrogens with zero attached hydrogens (tertiary/aromatic N) is 3. The van der Waals surface area contributed by atoms with E-state index in [0.29, 0.717) is 41.0 Å². The number of anilines is 2. The average molecular weight is 498 g/mol. The lowest BCUT2D eigenvalue weighted by Crippen LogP contribution is -2.35. The van der Waals surface area contributed by atoms with Gasteiger partial charge >= 0.3 is 0 Å². The summed E-state index contributed by atoms with van der Waals surface area (Å²) < 4.78 is 11.7. The Morgan fingerprint density at radius 1 is 1.00 bits per heavy atom. The third-order valence-corrected chi connectivity index (χ3v) is 7.38. The number of rotatable bonds is 7. The molecule has 0 amide bonds. The molecule has 1 saturated carbocycles. The van der Waals surface area contributed by atoms with Crippen molar-refractivity contribution in [2.45, 2.75) is 58.3 Å². The van der Waals surface area contributed by atoms with Gasteiger partial charge in [0.25, 0.3) is 0 Å². The van der Waals surface area contributed by atoms with Crippen molar-refractivity contribution < 1.29 is 24.5 Å². The maximum Gasteiger partial charge on any atom is 0.224 e. The Hall–Kier alpha value is -2.79. The highest BCUT2D eigenvalue weighted by Gasteiger charge is 2.41. The minimum Gasteiger partial charge on any atom is -0.454 e. The van der Waals surface area contributed by atoms with Crippen LogP contribution in [-0.2, 0) is 4.74 Å². The third-order valence-electron chi connectivity index (χ3n) is 7.38. The number of hydrogen-bond acceptors (Lipinski definition) is 10. The summed E-state index contributed by atoms with van der Waals surface area (Å²) in [6.07, 6.45) is 0.362. The fraction of sp³-hybridized carbons (Fsp3) is 0.577. The molecule has 4 heterocycles. The van der Waals surface area contributed by atoms with Gasteiger partial charge in [0.05, 0.1) is 29.1 Å². The first-order valence-corrected chi connectivity index (χ1v) is 12.7. The van der Waals surface area contributed by atoms with Gasteiger partial charge in [0, 0.05) is 43.4 Å². The molecule has 3 aromatic heterocycles. The Bertz CT molecular complexity index is 1230. The van der Waals surface area contributed by atoms with E-state index in [4.69, 9.17) is 19.1 Å². The second kappa shape index (κ2) is 10.3. The smallest absolute Gasteiger partial charge is 0.224 e. The van der Waals surface area contributed by atoms with Gasteiger partial charge in [-0.2, -0.15) is 4.98 Å². The Balaban J connectivity index is 1.51. The number of aliphatic hydroxyl groups excluding tert-OH is 3. The van der Waals surface area contributed by atoms with Crippen molar-refractivity contribution in [1.82, 2.24) is 15.0 Å². The molecule has 10 nitrogen and oxygen atoms in total. The van der Waals surface area contributed by atoms with Crippen LogP contribution in [0.25, 0.3) is 22.3 Å². The van der Waals surface area contributed by atoms with Gasteiger partial charge in [-0.3, -0.25) is 4.98 Å². The van der Waals surface area contributed by atoms with Gasteiger partial charge in [-0.25, -0.2) is 4.98 Å². The van der Waals surface area contributed by atoms with E-state index in [0.717, 1.165) is 55.1 Å². The minimum absolute atomic E-state index is 0.195. The summed E-state index contributed by atoms with van der Waals surface area (Å²) in [5.41, 5.74) is 3.83. The quantitative estimate of drug-likeness (QED) is 0.330. The first kappa shape index (κ1) is 24.9. The van der Waals surface area contributed by atoms with E-state index < -0.39 is 24.2 Å². The fourth-order valence-corrected chi connectivity index (χ4v) is 5.35. The van der Waals surface area contributed by atoms with Crippen molar-refractivity contribution in [1.29, 1.82) is 0 Å². The Morgan fingerprint density at radius 2 is 1.78 bits per heavy atom. The Morgan fingerprint density at radius 3 is 2.50 bits per heavy atom. The van der Waals surface area contributed by atoms with E-state index in [1.807, 2.05) is 32.9 Å². The summed E-state index contributed by atoms with van der Waals surface area (Å²) in [6.45, 7) is 7.86. The zero-order valence-electron chi connectivity index (χ0n) is 21.0. The molecule has 1 aliphatic carbocycles. The lowest BCUT2D eigenvalue weighted by Gasteiger charge is -2.23. The van der Waals surface area contributed by atoms with Crippen LogP contribution in [0.4, 0.5) is 11.8 Å². The van der Waals surface area contributed by atoms with Crippen LogP contribution in [-0.4, -0.2) is 74.9 Å². The number of nitrogens with one attached hydrogen (secondary N) is 2. The Labute approximate surface area is 210 Å². The summed E-state index contributed by atoms with van der Waals surface area (Å²) in [5.74, 6) is 1.68. The molecular weight excluding hydrogens is 462 g/mol. The first-order chi connectivity index (χ1) is 17.3. The molecule has 5 N–H and O–H groups in total. The molecule has 0 spiro atoms. The number of aryl methyl sites for hydroxylation is 3. The van der Waals surface area contributed by atoms with Crippen molar-refractivity contribution in [2.24, 2.45) is 11.8 Å². The second-order valence-electron chi connectivity index (χ2n) is 10.1. The number of furan rings is 1. The molecule has 1 saturated heterocycles. The highest BCUT2D eigenvalue weighted by Crippen LogP contribution is 2.37. The van der Waals surface area contributed by atoms with Crippen molar-refractivity contribution in [3.05, 3.63) is 29.2 Å². The van der Waals surface area contributed by atoms with E-state index >= 15 is 0 Å². The van der Waals surface area contributed by atoms with Crippen LogP contribution in [0.3, 0.4) is 0 Å². The molecular formula is C26H35N5O5. The van der Waals surface area contributed by atoms with Gasteiger partial charge in [-0.1, -0.05) is 0 Å². The molecule has 10 heteroatoms. The Kier molecular flexibility index (Phi) is 7.11. The van der Waals surface area contributed by atoms with Crippen LogP contribution in [0.15, 0.2) is 16.5 Å². The standard InChI is InChI=1S/C26H35N5O5/c1-13-8-17-10-20(36-24(17)15(3)28-13)21-14(2)29-26(27-11-16-4-6-35-7-5-16)31-25(21)30-19-9-18(12-32)22(33)23(19)34/h8,10,16,18-19,22-23,32-34H,4-7,9,11-12H2,1-3H3,(H2,27,29,30,31)/t18-,19-,22-,23+/m1/s1. The van der Waals surface area contributed by atoms with Gasteiger partial charge in [-0.05, 0) is 58.1 Å². The molecule has 2 fully saturated rings. The lowest BCUT2D eigenvalue weighted by molar-refractivity contribution is 0.00446. The molecule has 0 radical (unpaired) electrons. The summed E-state index contributed by atoms with van der Waals surface area (Å²) in [6, 6.07) is 3.45. The zero-order chi connectivity index (χ0) is 25.4. The molecule has 5 rings (SSSR count). The maximum absolute atomic E-state index is 10.6.